The molecule has 0 amide bonds. The predicted molar refractivity (Wildman–Crippen MR) is 91.6 cm³/mol. The summed E-state index contributed by atoms with van der Waals surface area (Å²) in [7, 11) is -0.753. The van der Waals surface area contributed by atoms with Gasteiger partial charge in [0, 0.05) is 5.46 Å². The second kappa shape index (κ2) is 6.85. The van der Waals surface area contributed by atoms with Crippen LogP contribution in [0.15, 0.2) is 18.2 Å². The van der Waals surface area contributed by atoms with E-state index in [-0.39, 0.29) is 18.3 Å². The molecular weight excluding hydrogens is 310 g/mol. The van der Waals surface area contributed by atoms with Crippen LogP contribution in [0, 0.1) is 11.7 Å². The van der Waals surface area contributed by atoms with Crippen molar-refractivity contribution >= 4 is 18.6 Å². The third kappa shape index (κ3) is 4.17. The molecule has 1 heterocycles. The quantitative estimate of drug-likeness (QED) is 0.613. The van der Waals surface area contributed by atoms with Gasteiger partial charge >= 0.3 is 13.1 Å². The highest BCUT2D eigenvalue weighted by Gasteiger charge is 2.52. The zero-order valence-electron chi connectivity index (χ0n) is 15.3. The maximum atomic E-state index is 14.5. The molecule has 0 spiro atoms. The second-order valence-corrected chi connectivity index (χ2v) is 7.70. The van der Waals surface area contributed by atoms with Crippen LogP contribution in [-0.2, 0) is 25.3 Å². The van der Waals surface area contributed by atoms with E-state index in [9.17, 15) is 9.18 Å². The van der Waals surface area contributed by atoms with E-state index in [1.165, 1.54) is 6.07 Å². The number of hydrogen-bond donors (Lipinski definition) is 0. The minimum atomic E-state index is -0.753. The summed E-state index contributed by atoms with van der Waals surface area (Å²) in [6, 6.07) is 4.67. The van der Waals surface area contributed by atoms with Crippen molar-refractivity contribution in [2.75, 3.05) is 6.61 Å². The number of hydrogen-bond acceptors (Lipinski definition) is 4. The Bertz CT molecular complexity index is 597. The summed E-state index contributed by atoms with van der Waals surface area (Å²) < 4.78 is 31.3. The molecule has 1 aromatic rings. The number of carbonyl (C=O) groups is 1. The summed E-state index contributed by atoms with van der Waals surface area (Å²) in [4.78, 5) is 11.7. The maximum absolute atomic E-state index is 14.5. The molecule has 132 valence electrons. The fourth-order valence-electron chi connectivity index (χ4n) is 2.32. The standard InChI is InChI=1S/C18H26BFO4/c1-12(2)11-22-16(21)10-13-7-8-14(15(20)9-13)19-23-17(3,4)18(5,6)24-19/h7-9,12H,10-11H2,1-6H3. The SMILES string of the molecule is CC(C)COC(=O)Cc1ccc(B2OC(C)(C)C(C)(C)O2)c(F)c1. The van der Waals surface area contributed by atoms with Crippen molar-refractivity contribution in [1.29, 1.82) is 0 Å². The third-order valence-corrected chi connectivity index (χ3v) is 4.50. The normalized spacial score (nSPS) is 18.9. The third-order valence-electron chi connectivity index (χ3n) is 4.50. The highest BCUT2D eigenvalue weighted by atomic mass is 19.1. The molecule has 4 nitrogen and oxygen atoms in total. The van der Waals surface area contributed by atoms with Crippen LogP contribution in [0.1, 0.15) is 47.1 Å². The van der Waals surface area contributed by atoms with Gasteiger partial charge in [-0.15, -0.1) is 0 Å². The summed E-state index contributed by atoms with van der Waals surface area (Å²) in [6.07, 6.45) is 0.0489. The lowest BCUT2D eigenvalue weighted by atomic mass is 9.78. The first-order valence-corrected chi connectivity index (χ1v) is 8.31. The van der Waals surface area contributed by atoms with Gasteiger partial charge in [-0.1, -0.05) is 26.0 Å². The summed E-state index contributed by atoms with van der Waals surface area (Å²) in [5.41, 5.74) is -0.137. The van der Waals surface area contributed by atoms with E-state index in [4.69, 9.17) is 14.0 Å². The van der Waals surface area contributed by atoms with Crippen LogP contribution in [-0.4, -0.2) is 30.9 Å². The molecule has 0 bridgehead atoms. The predicted octanol–water partition coefficient (Wildman–Crippen LogP) is 2.87. The molecule has 1 saturated heterocycles. The lowest BCUT2D eigenvalue weighted by molar-refractivity contribution is -0.143. The van der Waals surface area contributed by atoms with Crippen LogP contribution >= 0.6 is 0 Å². The minimum absolute atomic E-state index is 0.0489. The fourth-order valence-corrected chi connectivity index (χ4v) is 2.32. The second-order valence-electron chi connectivity index (χ2n) is 7.70. The van der Waals surface area contributed by atoms with Gasteiger partial charge in [-0.2, -0.15) is 0 Å². The number of benzene rings is 1. The first kappa shape index (κ1) is 18.9. The van der Waals surface area contributed by atoms with E-state index >= 15 is 0 Å². The molecule has 0 aromatic heterocycles. The largest absolute Gasteiger partial charge is 0.497 e. The smallest absolute Gasteiger partial charge is 0.465 e. The van der Waals surface area contributed by atoms with Crippen molar-refractivity contribution < 1.29 is 23.2 Å². The van der Waals surface area contributed by atoms with Gasteiger partial charge in [0.15, 0.2) is 0 Å². The molecule has 0 atom stereocenters. The lowest BCUT2D eigenvalue weighted by Crippen LogP contribution is -2.41. The first-order chi connectivity index (χ1) is 11.0. The Labute approximate surface area is 143 Å². The molecule has 1 aromatic carbocycles. The monoisotopic (exact) mass is 336 g/mol. The van der Waals surface area contributed by atoms with Crippen LogP contribution in [0.4, 0.5) is 4.39 Å². The van der Waals surface area contributed by atoms with E-state index in [0.29, 0.717) is 17.6 Å². The molecule has 2 rings (SSSR count). The van der Waals surface area contributed by atoms with Crippen molar-refractivity contribution in [3.05, 3.63) is 29.6 Å². The van der Waals surface area contributed by atoms with Crippen LogP contribution in [0.2, 0.25) is 0 Å². The average Bonchev–Trinajstić information content (AvgIpc) is 2.65. The van der Waals surface area contributed by atoms with Crippen molar-refractivity contribution in [3.63, 3.8) is 0 Å². The van der Waals surface area contributed by atoms with Crippen molar-refractivity contribution in [2.45, 2.75) is 59.2 Å². The van der Waals surface area contributed by atoms with Gasteiger partial charge in [0.1, 0.15) is 5.82 Å². The Morgan fingerprint density at radius 3 is 2.29 bits per heavy atom. The van der Waals surface area contributed by atoms with Gasteiger partial charge in [-0.05, 0) is 45.2 Å². The van der Waals surface area contributed by atoms with E-state index in [1.807, 2.05) is 41.5 Å². The molecule has 24 heavy (non-hydrogen) atoms. The molecule has 0 N–H and O–H groups in total. The summed E-state index contributed by atoms with van der Waals surface area (Å²) in [5.74, 6) is -0.523. The van der Waals surface area contributed by atoms with E-state index in [0.717, 1.165) is 0 Å². The zero-order chi connectivity index (χ0) is 18.1. The van der Waals surface area contributed by atoms with Crippen molar-refractivity contribution in [1.82, 2.24) is 0 Å². The number of rotatable bonds is 5. The lowest BCUT2D eigenvalue weighted by Gasteiger charge is -2.32. The topological polar surface area (TPSA) is 44.8 Å². The Morgan fingerprint density at radius 1 is 1.21 bits per heavy atom. The molecule has 0 unspecified atom stereocenters. The van der Waals surface area contributed by atoms with Gasteiger partial charge in [0.05, 0.1) is 24.2 Å². The first-order valence-electron chi connectivity index (χ1n) is 8.31. The molecule has 1 aliphatic heterocycles. The van der Waals surface area contributed by atoms with Gasteiger partial charge in [0.2, 0.25) is 0 Å². The number of esters is 1. The van der Waals surface area contributed by atoms with E-state index < -0.39 is 24.1 Å². The Hall–Kier alpha value is -1.40. The van der Waals surface area contributed by atoms with Gasteiger partial charge in [0.25, 0.3) is 0 Å². The minimum Gasteiger partial charge on any atom is -0.465 e. The fraction of sp³-hybridized carbons (Fsp3) is 0.611. The summed E-state index contributed by atoms with van der Waals surface area (Å²) >= 11 is 0. The van der Waals surface area contributed by atoms with Gasteiger partial charge < -0.3 is 14.0 Å². The molecule has 1 aliphatic rings. The van der Waals surface area contributed by atoms with Crippen molar-refractivity contribution in [2.24, 2.45) is 5.92 Å². The molecule has 0 radical (unpaired) electrons. The van der Waals surface area contributed by atoms with E-state index in [2.05, 4.69) is 0 Å². The van der Waals surface area contributed by atoms with Crippen LogP contribution in [0.3, 0.4) is 0 Å². The summed E-state index contributed by atoms with van der Waals surface area (Å²) in [6.45, 7) is 12.0. The maximum Gasteiger partial charge on any atom is 0.497 e. The number of halogens is 1. The van der Waals surface area contributed by atoms with Gasteiger partial charge in [-0.25, -0.2) is 4.39 Å². The highest BCUT2D eigenvalue weighted by molar-refractivity contribution is 6.62. The van der Waals surface area contributed by atoms with Crippen LogP contribution in [0.25, 0.3) is 0 Å². The Morgan fingerprint density at radius 2 is 1.79 bits per heavy atom. The molecule has 1 fully saturated rings. The molecule has 6 heteroatoms. The van der Waals surface area contributed by atoms with Crippen LogP contribution in [0.5, 0.6) is 0 Å². The Balaban J connectivity index is 2.07. The Kier molecular flexibility index (Phi) is 5.40. The average molecular weight is 336 g/mol. The number of carbonyl (C=O) groups excluding carboxylic acids is 1. The number of ether oxygens (including phenoxy) is 1. The summed E-state index contributed by atoms with van der Waals surface area (Å²) in [5, 5.41) is 0. The van der Waals surface area contributed by atoms with Gasteiger partial charge in [-0.3, -0.25) is 4.79 Å². The van der Waals surface area contributed by atoms with Crippen LogP contribution < -0.4 is 5.46 Å². The van der Waals surface area contributed by atoms with Crippen molar-refractivity contribution in [3.8, 4) is 0 Å². The molecule has 0 saturated carbocycles. The molecule has 0 aliphatic carbocycles. The zero-order valence-corrected chi connectivity index (χ0v) is 15.3. The van der Waals surface area contributed by atoms with E-state index in [1.54, 1.807) is 12.1 Å². The molecular formula is C18H26BFO4. The highest BCUT2D eigenvalue weighted by Crippen LogP contribution is 2.36.